The summed E-state index contributed by atoms with van der Waals surface area (Å²) < 4.78 is 5.24. The van der Waals surface area contributed by atoms with Gasteiger partial charge in [-0.2, -0.15) is 0 Å². The van der Waals surface area contributed by atoms with E-state index >= 15 is 0 Å². The van der Waals surface area contributed by atoms with Crippen LogP contribution in [0.5, 0.6) is 0 Å². The molecule has 4 rings (SSSR count). The second kappa shape index (κ2) is 7.01. The monoisotopic (exact) mass is 390 g/mol. The summed E-state index contributed by atoms with van der Waals surface area (Å²) in [6.07, 6.45) is 0. The topological polar surface area (TPSA) is 98.5 Å². The van der Waals surface area contributed by atoms with Gasteiger partial charge in [0.15, 0.2) is 5.78 Å². The van der Waals surface area contributed by atoms with Crippen LogP contribution in [0, 0.1) is 10.1 Å². The number of nitrogens with one attached hydrogen (secondary N) is 1. The quantitative estimate of drug-likeness (QED) is 0.485. The molecule has 7 nitrogen and oxygen atoms in total. The Morgan fingerprint density at radius 1 is 1.17 bits per heavy atom. The van der Waals surface area contributed by atoms with Gasteiger partial charge in [0.2, 0.25) is 0 Å². The zero-order valence-electron chi connectivity index (χ0n) is 15.9. The van der Waals surface area contributed by atoms with Crippen LogP contribution in [0.4, 0.5) is 5.69 Å². The molecule has 0 amide bonds. The number of Topliss-reactive ketones (excluding diaryl/α,β-unsaturated/α-hetero) is 1. The number of nitrogens with zero attached hydrogens (tertiary/aromatic N) is 1. The molecule has 0 bridgehead atoms. The van der Waals surface area contributed by atoms with E-state index < -0.39 is 16.8 Å². The van der Waals surface area contributed by atoms with E-state index in [1.807, 2.05) is 12.1 Å². The fraction of sp³-hybridized carbons (Fsp3) is 0.182. The lowest BCUT2D eigenvalue weighted by atomic mass is 9.79. The molecular formula is C22H18N2O5. The number of ketones is 1. The highest BCUT2D eigenvalue weighted by molar-refractivity contribution is 6.23. The van der Waals surface area contributed by atoms with Crippen molar-refractivity contribution < 1.29 is 19.2 Å². The van der Waals surface area contributed by atoms with E-state index in [1.54, 1.807) is 38.1 Å². The van der Waals surface area contributed by atoms with Crippen LogP contribution in [0.15, 0.2) is 65.4 Å². The third kappa shape index (κ3) is 2.91. The van der Waals surface area contributed by atoms with Gasteiger partial charge in [-0.25, -0.2) is 4.79 Å². The first-order valence-corrected chi connectivity index (χ1v) is 9.21. The first-order valence-electron chi connectivity index (χ1n) is 9.21. The number of esters is 1. The Bertz CT molecular complexity index is 1130. The van der Waals surface area contributed by atoms with Crippen molar-refractivity contribution in [1.82, 2.24) is 5.32 Å². The molecule has 1 aliphatic heterocycles. The summed E-state index contributed by atoms with van der Waals surface area (Å²) in [6.45, 7) is 3.62. The Hall–Kier alpha value is -3.74. The molecule has 7 heteroatoms. The fourth-order valence-corrected chi connectivity index (χ4v) is 3.96. The molecule has 0 saturated heterocycles. The number of carbonyl (C=O) groups is 2. The average molecular weight is 390 g/mol. The third-order valence-electron chi connectivity index (χ3n) is 5.16. The molecule has 0 radical (unpaired) electrons. The molecule has 146 valence electrons. The largest absolute Gasteiger partial charge is 0.463 e. The van der Waals surface area contributed by atoms with Crippen molar-refractivity contribution >= 4 is 23.1 Å². The third-order valence-corrected chi connectivity index (χ3v) is 5.16. The highest BCUT2D eigenvalue weighted by Gasteiger charge is 2.43. The SMILES string of the molecule is CCOC(=O)C1=C(C)NC2=C(C(=O)c3ccccc32)[C@@H]1c1cccc([N+](=O)[O-])c1. The highest BCUT2D eigenvalue weighted by atomic mass is 16.6. The molecule has 1 atom stereocenters. The number of ether oxygens (including phenoxy) is 1. The van der Waals surface area contributed by atoms with Gasteiger partial charge >= 0.3 is 5.97 Å². The lowest BCUT2D eigenvalue weighted by molar-refractivity contribution is -0.384. The Balaban J connectivity index is 1.94. The molecular weight excluding hydrogens is 372 g/mol. The molecule has 1 heterocycles. The number of allylic oxidation sites excluding steroid dienone is 2. The highest BCUT2D eigenvalue weighted by Crippen LogP contribution is 2.47. The lowest BCUT2D eigenvalue weighted by Crippen LogP contribution is -2.29. The van der Waals surface area contributed by atoms with Crippen molar-refractivity contribution in [2.75, 3.05) is 6.61 Å². The predicted molar refractivity (Wildman–Crippen MR) is 106 cm³/mol. The van der Waals surface area contributed by atoms with Crippen LogP contribution >= 0.6 is 0 Å². The standard InChI is InChI=1S/C22H18N2O5/c1-3-29-22(26)17-12(2)23-20-15-9-4-5-10-16(15)21(25)19(20)18(17)13-7-6-8-14(11-13)24(27)28/h4-11,18,23H,3H2,1-2H3/t18-/m1/s1. The maximum atomic E-state index is 13.3. The van der Waals surface area contributed by atoms with E-state index in [-0.39, 0.29) is 23.7 Å². The number of carbonyl (C=O) groups excluding carboxylic acids is 2. The normalized spacial score (nSPS) is 17.6. The minimum atomic E-state index is -0.759. The summed E-state index contributed by atoms with van der Waals surface area (Å²) in [7, 11) is 0. The van der Waals surface area contributed by atoms with Crippen LogP contribution in [0.1, 0.15) is 41.3 Å². The van der Waals surface area contributed by atoms with E-state index in [4.69, 9.17) is 4.74 Å². The van der Waals surface area contributed by atoms with Gasteiger partial charge < -0.3 is 10.1 Å². The molecule has 0 saturated carbocycles. The number of nitro benzene ring substituents is 1. The smallest absolute Gasteiger partial charge is 0.336 e. The summed E-state index contributed by atoms with van der Waals surface area (Å²) in [5, 5.41) is 14.5. The maximum absolute atomic E-state index is 13.3. The number of rotatable bonds is 4. The molecule has 29 heavy (non-hydrogen) atoms. The molecule has 0 aromatic heterocycles. The molecule has 2 aliphatic rings. The second-order valence-electron chi connectivity index (χ2n) is 6.83. The van der Waals surface area contributed by atoms with E-state index in [1.165, 1.54) is 12.1 Å². The van der Waals surface area contributed by atoms with Gasteiger partial charge in [-0.1, -0.05) is 36.4 Å². The summed E-state index contributed by atoms with van der Waals surface area (Å²) in [4.78, 5) is 36.9. The average Bonchev–Trinajstić information content (AvgIpc) is 2.99. The van der Waals surface area contributed by atoms with Crippen LogP contribution < -0.4 is 5.32 Å². The van der Waals surface area contributed by atoms with Crippen molar-refractivity contribution in [3.63, 3.8) is 0 Å². The van der Waals surface area contributed by atoms with Crippen LogP contribution in [0.2, 0.25) is 0 Å². The van der Waals surface area contributed by atoms with Crippen LogP contribution in [-0.2, 0) is 9.53 Å². The first-order chi connectivity index (χ1) is 13.9. The Kier molecular flexibility index (Phi) is 4.50. The predicted octanol–water partition coefficient (Wildman–Crippen LogP) is 3.73. The van der Waals surface area contributed by atoms with Gasteiger partial charge in [0.05, 0.1) is 22.8 Å². The number of dihydropyridines is 1. The number of non-ortho nitro benzene ring substituents is 1. The van der Waals surface area contributed by atoms with Crippen molar-refractivity contribution in [3.8, 4) is 0 Å². The Morgan fingerprint density at radius 2 is 1.90 bits per heavy atom. The number of benzene rings is 2. The van der Waals surface area contributed by atoms with Crippen molar-refractivity contribution in [1.29, 1.82) is 0 Å². The molecule has 0 unspecified atom stereocenters. The number of hydrogen-bond acceptors (Lipinski definition) is 6. The zero-order chi connectivity index (χ0) is 20.7. The van der Waals surface area contributed by atoms with Crippen molar-refractivity contribution in [3.05, 3.63) is 92.2 Å². The maximum Gasteiger partial charge on any atom is 0.336 e. The Morgan fingerprint density at radius 3 is 2.59 bits per heavy atom. The molecule has 0 fully saturated rings. The van der Waals surface area contributed by atoms with E-state index in [9.17, 15) is 19.7 Å². The number of nitro groups is 1. The van der Waals surface area contributed by atoms with Gasteiger partial charge in [0.1, 0.15) is 0 Å². The van der Waals surface area contributed by atoms with Crippen molar-refractivity contribution in [2.45, 2.75) is 19.8 Å². The van der Waals surface area contributed by atoms with Crippen LogP contribution in [0.25, 0.3) is 5.70 Å². The van der Waals surface area contributed by atoms with Crippen LogP contribution in [0.3, 0.4) is 0 Å². The first kappa shape index (κ1) is 18.6. The van der Waals surface area contributed by atoms with Gasteiger partial charge in [-0.05, 0) is 19.4 Å². The van der Waals surface area contributed by atoms with Gasteiger partial charge in [-0.15, -0.1) is 0 Å². The molecule has 1 N–H and O–H groups in total. The van der Waals surface area contributed by atoms with Crippen LogP contribution in [-0.4, -0.2) is 23.3 Å². The molecule has 2 aromatic rings. The molecule has 2 aromatic carbocycles. The summed E-state index contributed by atoms with van der Waals surface area (Å²) in [5.41, 5.74) is 3.57. The van der Waals surface area contributed by atoms with E-state index in [0.29, 0.717) is 28.1 Å². The fourth-order valence-electron chi connectivity index (χ4n) is 3.96. The van der Waals surface area contributed by atoms with Gasteiger partial charge in [0, 0.05) is 40.4 Å². The minimum absolute atomic E-state index is 0.105. The van der Waals surface area contributed by atoms with Gasteiger partial charge in [-0.3, -0.25) is 14.9 Å². The summed E-state index contributed by atoms with van der Waals surface area (Å²) in [6, 6.07) is 13.2. The minimum Gasteiger partial charge on any atom is -0.463 e. The van der Waals surface area contributed by atoms with E-state index in [0.717, 1.165) is 5.56 Å². The Labute approximate surface area is 166 Å². The summed E-state index contributed by atoms with van der Waals surface area (Å²) >= 11 is 0. The molecule has 0 spiro atoms. The summed E-state index contributed by atoms with van der Waals surface area (Å²) in [5.74, 6) is -1.51. The second-order valence-corrected chi connectivity index (χ2v) is 6.83. The number of fused-ring (bicyclic) bond motifs is 2. The van der Waals surface area contributed by atoms with Gasteiger partial charge in [0.25, 0.3) is 5.69 Å². The van der Waals surface area contributed by atoms with E-state index in [2.05, 4.69) is 5.32 Å². The zero-order valence-corrected chi connectivity index (χ0v) is 15.9. The number of hydrogen-bond donors (Lipinski definition) is 1. The lowest BCUT2D eigenvalue weighted by Gasteiger charge is -2.29. The molecule has 1 aliphatic carbocycles. The van der Waals surface area contributed by atoms with Crippen molar-refractivity contribution in [2.24, 2.45) is 0 Å².